The van der Waals surface area contributed by atoms with Gasteiger partial charge in [0, 0.05) is 6.42 Å². The Morgan fingerprint density at radius 3 is 2.76 bits per heavy atom. The number of carboxylic acids is 1. The Labute approximate surface area is 97.6 Å². The molecule has 1 aromatic rings. The van der Waals surface area contributed by atoms with Crippen LogP contribution in [0.1, 0.15) is 18.0 Å². The second-order valence-corrected chi connectivity index (χ2v) is 3.69. The van der Waals surface area contributed by atoms with Gasteiger partial charge in [-0.15, -0.1) is 0 Å². The van der Waals surface area contributed by atoms with E-state index >= 15 is 0 Å². The van der Waals surface area contributed by atoms with Gasteiger partial charge in [0.1, 0.15) is 11.8 Å². The van der Waals surface area contributed by atoms with Gasteiger partial charge in [-0.3, -0.25) is 4.79 Å². The second-order valence-electron chi connectivity index (χ2n) is 3.69. The highest BCUT2D eigenvalue weighted by molar-refractivity contribution is 5.78. The number of fused-ring (bicyclic) bond motifs is 1. The molecule has 0 bridgehead atoms. The summed E-state index contributed by atoms with van der Waals surface area (Å²) in [4.78, 5) is 10.9. The third-order valence-corrected chi connectivity index (χ3v) is 2.51. The number of carbonyl (C=O) groups is 1. The van der Waals surface area contributed by atoms with Crippen LogP contribution in [-0.2, 0) is 4.79 Å². The van der Waals surface area contributed by atoms with Crippen molar-refractivity contribution in [3.8, 4) is 17.2 Å². The smallest absolute Gasteiger partial charge is 0.325 e. The fourth-order valence-corrected chi connectivity index (χ4v) is 1.67. The zero-order valence-electron chi connectivity index (χ0n) is 9.05. The average Bonchev–Trinajstić information content (AvgIpc) is 2.53. The molecule has 0 fully saturated rings. The number of phenolic OH excluding ortho intramolecular Hbond substituents is 1. The van der Waals surface area contributed by atoms with Crippen molar-refractivity contribution in [3.63, 3.8) is 0 Å². The van der Waals surface area contributed by atoms with Gasteiger partial charge in [-0.2, -0.15) is 0 Å². The Balaban J connectivity index is 2.52. The lowest BCUT2D eigenvalue weighted by atomic mass is 10.0. The first-order valence-corrected chi connectivity index (χ1v) is 5.21. The lowest BCUT2D eigenvalue weighted by Crippen LogP contribution is -2.21. The average molecular weight is 239 g/mol. The minimum absolute atomic E-state index is 0.0527. The monoisotopic (exact) mass is 239 g/mol. The Kier molecular flexibility index (Phi) is 3.06. The summed E-state index contributed by atoms with van der Waals surface area (Å²) >= 11 is 0. The van der Waals surface area contributed by atoms with E-state index in [1.165, 1.54) is 12.1 Å². The van der Waals surface area contributed by atoms with Crippen molar-refractivity contribution in [3.05, 3.63) is 17.7 Å². The van der Waals surface area contributed by atoms with Crippen LogP contribution in [0.4, 0.5) is 0 Å². The van der Waals surface area contributed by atoms with Crippen LogP contribution in [0.3, 0.4) is 0 Å². The van der Waals surface area contributed by atoms with Gasteiger partial charge in [0.05, 0.1) is 18.8 Å². The summed E-state index contributed by atoms with van der Waals surface area (Å²) in [5, 5.41) is 18.6. The molecule has 4 N–H and O–H groups in total. The summed E-state index contributed by atoms with van der Waals surface area (Å²) in [5.41, 5.74) is 5.57. The number of phenols is 1. The number of benzene rings is 1. The number of rotatable bonds is 2. The zero-order valence-corrected chi connectivity index (χ0v) is 9.05. The van der Waals surface area contributed by atoms with Crippen molar-refractivity contribution in [1.29, 1.82) is 0 Å². The largest absolute Gasteiger partial charge is 0.507 e. The molecule has 1 atom stereocenters. The van der Waals surface area contributed by atoms with E-state index in [2.05, 4.69) is 0 Å². The van der Waals surface area contributed by atoms with Crippen molar-refractivity contribution >= 4 is 5.97 Å². The molecule has 0 aliphatic carbocycles. The van der Waals surface area contributed by atoms with Crippen LogP contribution in [0.15, 0.2) is 12.1 Å². The van der Waals surface area contributed by atoms with E-state index < -0.39 is 12.0 Å². The maximum atomic E-state index is 10.9. The van der Waals surface area contributed by atoms with E-state index in [4.69, 9.17) is 20.3 Å². The van der Waals surface area contributed by atoms with Gasteiger partial charge < -0.3 is 25.4 Å². The van der Waals surface area contributed by atoms with Crippen molar-refractivity contribution in [2.24, 2.45) is 5.73 Å². The molecule has 1 aromatic carbocycles. The first kappa shape index (κ1) is 11.5. The maximum Gasteiger partial charge on any atom is 0.325 e. The summed E-state index contributed by atoms with van der Waals surface area (Å²) in [6, 6.07) is 1.55. The molecule has 0 spiro atoms. The van der Waals surface area contributed by atoms with Crippen LogP contribution in [0.2, 0.25) is 0 Å². The van der Waals surface area contributed by atoms with Gasteiger partial charge in [-0.25, -0.2) is 0 Å². The minimum Gasteiger partial charge on any atom is -0.507 e. The predicted octanol–water partition coefficient (Wildman–Crippen LogP) is 0.638. The van der Waals surface area contributed by atoms with Gasteiger partial charge in [-0.1, -0.05) is 0 Å². The number of hydrogen-bond acceptors (Lipinski definition) is 5. The molecule has 0 aromatic heterocycles. The SMILES string of the molecule is NC(C(=O)O)c1c(O)ccc2c1OCCCO2. The summed E-state index contributed by atoms with van der Waals surface area (Å²) in [6.45, 7) is 0.884. The quantitative estimate of drug-likeness (QED) is 0.699. The van der Waals surface area contributed by atoms with Crippen LogP contribution in [0, 0.1) is 0 Å². The second kappa shape index (κ2) is 4.50. The van der Waals surface area contributed by atoms with Crippen molar-refractivity contribution in [1.82, 2.24) is 0 Å². The summed E-state index contributed by atoms with van der Waals surface area (Å²) < 4.78 is 10.8. The number of nitrogens with two attached hydrogens (primary N) is 1. The lowest BCUT2D eigenvalue weighted by Gasteiger charge is -2.16. The maximum absolute atomic E-state index is 10.9. The highest BCUT2D eigenvalue weighted by Gasteiger charge is 2.27. The lowest BCUT2D eigenvalue weighted by molar-refractivity contribution is -0.138. The van der Waals surface area contributed by atoms with Gasteiger partial charge in [-0.05, 0) is 12.1 Å². The van der Waals surface area contributed by atoms with E-state index in [-0.39, 0.29) is 17.1 Å². The summed E-state index contributed by atoms with van der Waals surface area (Å²) in [7, 11) is 0. The molecule has 6 heteroatoms. The van der Waals surface area contributed by atoms with Crippen molar-refractivity contribution in [2.75, 3.05) is 13.2 Å². The fraction of sp³-hybridized carbons (Fsp3) is 0.364. The van der Waals surface area contributed by atoms with Crippen LogP contribution >= 0.6 is 0 Å². The first-order valence-electron chi connectivity index (χ1n) is 5.21. The normalized spacial score (nSPS) is 16.1. The number of aromatic hydroxyl groups is 1. The van der Waals surface area contributed by atoms with Crippen molar-refractivity contribution < 1.29 is 24.5 Å². The molecule has 0 amide bonds. The number of ether oxygens (including phenoxy) is 2. The molecule has 0 saturated heterocycles. The third kappa shape index (κ3) is 2.12. The van der Waals surface area contributed by atoms with Crippen LogP contribution < -0.4 is 15.2 Å². The molecule has 17 heavy (non-hydrogen) atoms. The number of carboxylic acid groups (broad SMARTS) is 1. The molecule has 1 heterocycles. The van der Waals surface area contributed by atoms with Crippen LogP contribution in [0.25, 0.3) is 0 Å². The van der Waals surface area contributed by atoms with E-state index in [9.17, 15) is 9.90 Å². The van der Waals surface area contributed by atoms with Gasteiger partial charge in [0.2, 0.25) is 0 Å². The van der Waals surface area contributed by atoms with E-state index in [1.54, 1.807) is 0 Å². The third-order valence-electron chi connectivity index (χ3n) is 2.51. The van der Waals surface area contributed by atoms with Gasteiger partial charge in [0.15, 0.2) is 11.5 Å². The predicted molar refractivity (Wildman–Crippen MR) is 58.3 cm³/mol. The van der Waals surface area contributed by atoms with E-state index in [0.717, 1.165) is 0 Å². The first-order chi connectivity index (χ1) is 8.11. The van der Waals surface area contributed by atoms with Crippen LogP contribution in [0.5, 0.6) is 17.2 Å². The van der Waals surface area contributed by atoms with Crippen LogP contribution in [-0.4, -0.2) is 29.4 Å². The minimum atomic E-state index is -1.34. The van der Waals surface area contributed by atoms with Gasteiger partial charge in [0.25, 0.3) is 0 Å². The number of aliphatic carboxylic acids is 1. The Morgan fingerprint density at radius 1 is 1.35 bits per heavy atom. The van der Waals surface area contributed by atoms with Gasteiger partial charge >= 0.3 is 5.97 Å². The Bertz CT molecular complexity index is 446. The van der Waals surface area contributed by atoms with E-state index in [0.29, 0.717) is 25.4 Å². The number of hydrogen-bond donors (Lipinski definition) is 3. The summed E-state index contributed by atoms with van der Waals surface area (Å²) in [5.74, 6) is -0.810. The van der Waals surface area contributed by atoms with Crippen molar-refractivity contribution in [2.45, 2.75) is 12.5 Å². The molecule has 92 valence electrons. The Hall–Kier alpha value is -1.95. The molecular weight excluding hydrogens is 226 g/mol. The molecule has 2 rings (SSSR count). The molecule has 1 aliphatic heterocycles. The summed E-state index contributed by atoms with van der Waals surface area (Å²) in [6.07, 6.45) is 0.692. The molecule has 0 radical (unpaired) electrons. The fourth-order valence-electron chi connectivity index (χ4n) is 1.67. The standard InChI is InChI=1S/C11H13NO5/c12-9(11(14)15)8-6(13)2-3-7-10(8)17-5-1-4-16-7/h2-3,9,13H,1,4-5,12H2,(H,14,15). The topological polar surface area (TPSA) is 102 Å². The Morgan fingerprint density at radius 2 is 2.06 bits per heavy atom. The molecule has 0 saturated carbocycles. The van der Waals surface area contributed by atoms with E-state index in [1.807, 2.05) is 0 Å². The molecule has 1 unspecified atom stereocenters. The molecule has 6 nitrogen and oxygen atoms in total. The molecular formula is C11H13NO5. The zero-order chi connectivity index (χ0) is 12.4. The highest BCUT2D eigenvalue weighted by Crippen LogP contribution is 2.41. The highest BCUT2D eigenvalue weighted by atomic mass is 16.5. The molecule has 1 aliphatic rings.